The van der Waals surface area contributed by atoms with Gasteiger partial charge in [0.25, 0.3) is 0 Å². The normalized spacial score (nSPS) is 11.2. The second-order valence-corrected chi connectivity index (χ2v) is 5.15. The van der Waals surface area contributed by atoms with Crippen molar-refractivity contribution in [3.8, 4) is 11.5 Å². The molecular weight excluding hydrogens is 442 g/mol. The number of benzene rings is 2. The fourth-order valence-electron chi connectivity index (χ4n) is 1.70. The Balaban J connectivity index is 0.00000105. The molecule has 11 heteroatoms. The van der Waals surface area contributed by atoms with E-state index in [1.54, 1.807) is 12.1 Å². The second kappa shape index (κ2) is 11.8. The molecule has 0 heterocycles. The summed E-state index contributed by atoms with van der Waals surface area (Å²) in [5, 5.41) is 23.5. The summed E-state index contributed by atoms with van der Waals surface area (Å²) >= 11 is 2.58. The van der Waals surface area contributed by atoms with E-state index in [1.165, 1.54) is 13.3 Å². The third kappa shape index (κ3) is 7.45. The molecule has 0 aliphatic carbocycles. The average Bonchev–Trinajstić information content (AvgIpc) is 2.63. The van der Waals surface area contributed by atoms with Gasteiger partial charge in [-0.1, -0.05) is 18.2 Å². The van der Waals surface area contributed by atoms with Crippen molar-refractivity contribution in [1.82, 2.24) is 0 Å². The monoisotopic (exact) mass is 459 g/mol. The van der Waals surface area contributed by atoms with Crippen LogP contribution in [0.15, 0.2) is 62.9 Å². The van der Waals surface area contributed by atoms with Crippen molar-refractivity contribution < 1.29 is 35.1 Å². The molecule has 2 aromatic carbocycles. The number of methoxy groups -OCH3 is 1. The van der Waals surface area contributed by atoms with Gasteiger partial charge >= 0.3 is 31.0 Å². The van der Waals surface area contributed by atoms with Crippen LogP contribution in [0.1, 0.15) is 5.56 Å². The van der Waals surface area contributed by atoms with Crippen LogP contribution in [0.5, 0.6) is 11.5 Å². The van der Waals surface area contributed by atoms with Crippen LogP contribution >= 0.6 is 0 Å². The van der Waals surface area contributed by atoms with E-state index in [-0.39, 0.29) is 10.9 Å². The van der Waals surface area contributed by atoms with Crippen LogP contribution in [-0.2, 0) is 37.9 Å². The molecule has 0 saturated carbocycles. The van der Waals surface area contributed by atoms with Gasteiger partial charge in [-0.15, -0.1) is 0 Å². The maximum atomic E-state index is 8.50. The molecule has 0 amide bonds. The molecule has 2 aromatic rings. The molecule has 0 aliphatic heterocycles. The van der Waals surface area contributed by atoms with Gasteiger partial charge in [0.2, 0.25) is 5.75 Å². The van der Waals surface area contributed by atoms with Crippen molar-refractivity contribution in [3.05, 3.63) is 48.0 Å². The average molecular weight is 457 g/mol. The fraction of sp³-hybridized carbons (Fsp3) is 0.0667. The number of hydrogen-bond donors (Lipinski definition) is 1. The Morgan fingerprint density at radius 2 is 1.81 bits per heavy atom. The standard InChI is InChI=1S/C15H15N5O2S.Mo.2O/c1-22-13-8-12(19-18-11-5-3-2-4-6-11)7-10(14(13)21)9-17-20-15(16)23;;;/h2-9,21H,1H3,(H3,16,20,23);;;. The van der Waals surface area contributed by atoms with Gasteiger partial charge in [-0.2, -0.15) is 20.4 Å². The van der Waals surface area contributed by atoms with Crippen LogP contribution in [0.2, 0.25) is 0 Å². The number of ether oxygens (including phenoxy) is 1. The quantitative estimate of drug-likeness (QED) is 0.140. The zero-order valence-electron chi connectivity index (χ0n) is 13.5. The van der Waals surface area contributed by atoms with Crippen molar-refractivity contribution in [2.75, 3.05) is 7.11 Å². The Kier molecular flexibility index (Phi) is 9.66. The minimum atomic E-state index is -2.03. The van der Waals surface area contributed by atoms with Gasteiger partial charge in [-0.3, -0.25) is 0 Å². The van der Waals surface area contributed by atoms with Crippen molar-refractivity contribution >= 4 is 35.4 Å². The van der Waals surface area contributed by atoms with E-state index < -0.39 is 18.5 Å². The molecule has 136 valence electrons. The predicted octanol–water partition coefficient (Wildman–Crippen LogP) is 2.50. The van der Waals surface area contributed by atoms with Crippen molar-refractivity contribution in [2.24, 2.45) is 26.2 Å². The number of amidine groups is 1. The summed E-state index contributed by atoms with van der Waals surface area (Å²) in [5.74, 6) is 0.513. The van der Waals surface area contributed by atoms with Gasteiger partial charge in [-0.25, -0.2) is 0 Å². The fourth-order valence-corrected chi connectivity index (χ4v) is 1.75. The zero-order valence-corrected chi connectivity index (χ0v) is 16.3. The van der Waals surface area contributed by atoms with Crippen LogP contribution in [-0.4, -0.2) is 23.6 Å². The molecule has 0 saturated heterocycles. The summed E-state index contributed by atoms with van der Waals surface area (Å²) in [5.41, 5.74) is 6.95. The SMILES string of the molecule is COc1cc(N=Nc2ccccc2)cc(C=NN=C(N)[S-])c1[OH2+].[O]=[Mo]=[O]. The molecule has 0 radical (unpaired) electrons. The van der Waals surface area contributed by atoms with E-state index in [4.69, 9.17) is 22.4 Å². The molecule has 4 N–H and O–H groups in total. The van der Waals surface area contributed by atoms with Gasteiger partial charge < -0.3 is 28.2 Å². The van der Waals surface area contributed by atoms with E-state index in [0.29, 0.717) is 17.0 Å². The molecule has 26 heavy (non-hydrogen) atoms. The first-order valence-corrected chi connectivity index (χ1v) is 8.92. The van der Waals surface area contributed by atoms with Gasteiger partial charge in [0.15, 0.2) is 0 Å². The molecule has 0 unspecified atom stereocenters. The van der Waals surface area contributed by atoms with Crippen molar-refractivity contribution in [3.63, 3.8) is 0 Å². The molecule has 9 nitrogen and oxygen atoms in total. The molecule has 2 rings (SSSR count). The zero-order chi connectivity index (χ0) is 19.4. The third-order valence-corrected chi connectivity index (χ3v) is 2.81. The molecule has 0 aromatic heterocycles. The van der Waals surface area contributed by atoms with E-state index in [1.807, 2.05) is 30.3 Å². The number of rotatable bonds is 5. The summed E-state index contributed by atoms with van der Waals surface area (Å²) in [6.45, 7) is 0. The first kappa shape index (κ1) is 21.3. The Morgan fingerprint density at radius 1 is 1.19 bits per heavy atom. The summed E-state index contributed by atoms with van der Waals surface area (Å²) in [6, 6.07) is 12.6. The molecule has 0 bridgehead atoms. The topological polar surface area (TPSA) is 142 Å². The van der Waals surface area contributed by atoms with Crippen LogP contribution < -0.4 is 10.5 Å². The van der Waals surface area contributed by atoms with Gasteiger partial charge in [0, 0.05) is 6.07 Å². The molecule has 0 fully saturated rings. The van der Waals surface area contributed by atoms with Crippen LogP contribution in [0, 0.1) is 0 Å². The maximum absolute atomic E-state index is 8.50. The summed E-state index contributed by atoms with van der Waals surface area (Å²) in [4.78, 5) is 0. The second-order valence-electron chi connectivity index (χ2n) is 4.40. The van der Waals surface area contributed by atoms with Gasteiger partial charge in [0.1, 0.15) is 0 Å². The number of nitrogens with zero attached hydrogens (tertiary/aromatic N) is 4. The number of azo groups is 1. The Bertz CT molecular complexity index is 849. The van der Waals surface area contributed by atoms with E-state index in [9.17, 15) is 0 Å². The first-order valence-electron chi connectivity index (χ1n) is 6.87. The Labute approximate surface area is 163 Å². The van der Waals surface area contributed by atoms with Crippen molar-refractivity contribution in [2.45, 2.75) is 0 Å². The summed E-state index contributed by atoms with van der Waals surface area (Å²) in [6.07, 6.45) is 1.37. The van der Waals surface area contributed by atoms with Gasteiger partial charge in [0.05, 0.1) is 30.3 Å². The summed E-state index contributed by atoms with van der Waals surface area (Å²) < 4.78 is 22.2. The molecular formula is C15H15MoN5O4S. The molecule has 0 spiro atoms. The number of nitrogens with two attached hydrogens (primary N) is 1. The predicted molar refractivity (Wildman–Crippen MR) is 94.6 cm³/mol. The van der Waals surface area contributed by atoms with E-state index in [2.05, 4.69) is 33.1 Å². The first-order chi connectivity index (χ1) is 12.5. The molecule has 0 aliphatic rings. The van der Waals surface area contributed by atoms with Crippen LogP contribution in [0.25, 0.3) is 0 Å². The molecule has 0 atom stereocenters. The van der Waals surface area contributed by atoms with Crippen LogP contribution in [0.3, 0.4) is 0 Å². The van der Waals surface area contributed by atoms with Crippen molar-refractivity contribution in [1.29, 1.82) is 0 Å². The van der Waals surface area contributed by atoms with Gasteiger partial charge in [-0.05, 0) is 23.4 Å². The van der Waals surface area contributed by atoms with Crippen LogP contribution in [0.4, 0.5) is 11.4 Å². The minimum absolute atomic E-state index is 0.0836. The Morgan fingerprint density at radius 3 is 2.38 bits per heavy atom. The van der Waals surface area contributed by atoms with E-state index in [0.717, 1.165) is 5.69 Å². The third-order valence-electron chi connectivity index (χ3n) is 2.73. The van der Waals surface area contributed by atoms with E-state index >= 15 is 0 Å². The Hall–Kier alpha value is -2.71. The number of hydrogen-bond acceptors (Lipinski definition) is 8. The summed E-state index contributed by atoms with van der Waals surface area (Å²) in [7, 11) is 1.48.